The number of carbonyl (C=O) groups is 1. The number of hydrogen-bond acceptors (Lipinski definition) is 1. The number of benzene rings is 1. The summed E-state index contributed by atoms with van der Waals surface area (Å²) in [6.45, 7) is 0.864. The Morgan fingerprint density at radius 2 is 2.06 bits per heavy atom. The highest BCUT2D eigenvalue weighted by Crippen LogP contribution is 2.21. The molecule has 92 valence electrons. The Balaban J connectivity index is 2.04. The third-order valence-corrected chi connectivity index (χ3v) is 3.60. The van der Waals surface area contributed by atoms with Crippen molar-refractivity contribution in [3.05, 3.63) is 35.9 Å². The number of nitrogens with zero attached hydrogens (tertiary/aromatic N) is 1. The lowest BCUT2D eigenvalue weighted by molar-refractivity contribution is -0.132. The first-order chi connectivity index (χ1) is 8.31. The van der Waals surface area contributed by atoms with E-state index in [1.54, 1.807) is 0 Å². The lowest BCUT2D eigenvalue weighted by Gasteiger charge is -2.35. The van der Waals surface area contributed by atoms with Crippen LogP contribution in [0.3, 0.4) is 0 Å². The predicted octanol–water partition coefficient (Wildman–Crippen LogP) is 2.85. The molecular formula is C14H18ClNO. The summed E-state index contributed by atoms with van der Waals surface area (Å²) in [5.74, 6) is 0.179. The average molecular weight is 252 g/mol. The van der Waals surface area contributed by atoms with Crippen molar-refractivity contribution in [2.75, 3.05) is 12.4 Å². The van der Waals surface area contributed by atoms with Gasteiger partial charge in [0, 0.05) is 12.6 Å². The molecule has 0 aliphatic carbocycles. The largest absolute Gasteiger partial charge is 0.338 e. The van der Waals surface area contributed by atoms with Gasteiger partial charge in [0.25, 0.3) is 0 Å². The van der Waals surface area contributed by atoms with Gasteiger partial charge in [0.1, 0.15) is 5.88 Å². The minimum Gasteiger partial charge on any atom is -0.338 e. The Morgan fingerprint density at radius 1 is 1.29 bits per heavy atom. The van der Waals surface area contributed by atoms with Crippen LogP contribution >= 0.6 is 11.6 Å². The maximum atomic E-state index is 11.8. The number of halogens is 1. The van der Waals surface area contributed by atoms with E-state index in [4.69, 9.17) is 11.6 Å². The van der Waals surface area contributed by atoms with Crippen LogP contribution in [-0.4, -0.2) is 29.3 Å². The summed E-state index contributed by atoms with van der Waals surface area (Å²) in [7, 11) is 0. The molecule has 1 saturated heterocycles. The smallest absolute Gasteiger partial charge is 0.237 e. The molecule has 0 aromatic heterocycles. The molecule has 1 aliphatic heterocycles. The second-order valence-electron chi connectivity index (χ2n) is 4.56. The Bertz CT molecular complexity index is 366. The molecule has 2 nitrogen and oxygen atoms in total. The number of likely N-dealkylation sites (tertiary alicyclic amines) is 1. The minimum absolute atomic E-state index is 0.0762. The summed E-state index contributed by atoms with van der Waals surface area (Å²) in [6, 6.07) is 10.7. The summed E-state index contributed by atoms with van der Waals surface area (Å²) >= 11 is 5.66. The standard InChI is InChI=1S/C14H18ClNO/c15-11-14(17)16-9-5-4-8-13(16)10-12-6-2-1-3-7-12/h1-3,6-7,13H,4-5,8-11H2/t13-/m0/s1. The fourth-order valence-corrected chi connectivity index (χ4v) is 2.66. The predicted molar refractivity (Wildman–Crippen MR) is 70.2 cm³/mol. The molecule has 3 heteroatoms. The lowest BCUT2D eigenvalue weighted by Crippen LogP contribution is -2.45. The summed E-state index contributed by atoms with van der Waals surface area (Å²) in [5.41, 5.74) is 1.30. The maximum Gasteiger partial charge on any atom is 0.237 e. The van der Waals surface area contributed by atoms with Gasteiger partial charge < -0.3 is 4.90 Å². The van der Waals surface area contributed by atoms with E-state index in [0.717, 1.165) is 25.8 Å². The van der Waals surface area contributed by atoms with Crippen LogP contribution < -0.4 is 0 Å². The summed E-state index contributed by atoms with van der Waals surface area (Å²) < 4.78 is 0. The van der Waals surface area contributed by atoms with Gasteiger partial charge in [-0.15, -0.1) is 11.6 Å². The monoisotopic (exact) mass is 251 g/mol. The molecule has 1 atom stereocenters. The molecule has 1 amide bonds. The first kappa shape index (κ1) is 12.4. The van der Waals surface area contributed by atoms with Crippen molar-refractivity contribution in [3.63, 3.8) is 0 Å². The molecule has 17 heavy (non-hydrogen) atoms. The van der Waals surface area contributed by atoms with E-state index in [1.807, 2.05) is 23.1 Å². The van der Waals surface area contributed by atoms with E-state index >= 15 is 0 Å². The topological polar surface area (TPSA) is 20.3 Å². The van der Waals surface area contributed by atoms with Gasteiger partial charge in [-0.05, 0) is 31.2 Å². The Labute approximate surface area is 108 Å². The molecule has 0 saturated carbocycles. The van der Waals surface area contributed by atoms with Gasteiger partial charge >= 0.3 is 0 Å². The van der Waals surface area contributed by atoms with Crippen molar-refractivity contribution in [2.45, 2.75) is 31.7 Å². The van der Waals surface area contributed by atoms with Crippen molar-refractivity contribution in [1.82, 2.24) is 4.90 Å². The third kappa shape index (κ3) is 3.22. The lowest BCUT2D eigenvalue weighted by atomic mass is 9.95. The van der Waals surface area contributed by atoms with Crippen molar-refractivity contribution >= 4 is 17.5 Å². The number of hydrogen-bond donors (Lipinski definition) is 0. The number of amides is 1. The highest BCUT2D eigenvalue weighted by molar-refractivity contribution is 6.27. The normalized spacial score (nSPS) is 20.3. The van der Waals surface area contributed by atoms with Gasteiger partial charge in [-0.2, -0.15) is 0 Å². The van der Waals surface area contributed by atoms with Gasteiger partial charge in [0.05, 0.1) is 0 Å². The van der Waals surface area contributed by atoms with Crippen molar-refractivity contribution in [1.29, 1.82) is 0 Å². The molecule has 0 radical (unpaired) electrons. The van der Waals surface area contributed by atoms with E-state index in [9.17, 15) is 4.79 Å². The molecule has 1 aliphatic rings. The van der Waals surface area contributed by atoms with Crippen LogP contribution in [0.4, 0.5) is 0 Å². The van der Waals surface area contributed by atoms with Crippen LogP contribution in [0.2, 0.25) is 0 Å². The van der Waals surface area contributed by atoms with Crippen LogP contribution in [0.5, 0.6) is 0 Å². The van der Waals surface area contributed by atoms with Gasteiger partial charge in [-0.3, -0.25) is 4.79 Å². The Hall–Kier alpha value is -1.02. The zero-order valence-electron chi connectivity index (χ0n) is 9.94. The molecule has 0 spiro atoms. The number of piperidine rings is 1. The van der Waals surface area contributed by atoms with Gasteiger partial charge in [0.15, 0.2) is 0 Å². The zero-order valence-corrected chi connectivity index (χ0v) is 10.7. The molecule has 0 unspecified atom stereocenters. The van der Waals surface area contributed by atoms with Gasteiger partial charge in [-0.1, -0.05) is 30.3 Å². The number of alkyl halides is 1. The Morgan fingerprint density at radius 3 is 2.76 bits per heavy atom. The molecule has 2 rings (SSSR count). The van der Waals surface area contributed by atoms with Crippen LogP contribution in [0, 0.1) is 0 Å². The summed E-state index contributed by atoms with van der Waals surface area (Å²) in [4.78, 5) is 13.7. The van der Waals surface area contributed by atoms with Crippen LogP contribution in [0.1, 0.15) is 24.8 Å². The number of rotatable bonds is 3. The van der Waals surface area contributed by atoms with E-state index in [2.05, 4.69) is 12.1 Å². The fraction of sp³-hybridized carbons (Fsp3) is 0.500. The third-order valence-electron chi connectivity index (χ3n) is 3.38. The molecule has 1 aromatic carbocycles. The maximum absolute atomic E-state index is 11.8. The zero-order chi connectivity index (χ0) is 12.1. The van der Waals surface area contributed by atoms with Crippen LogP contribution in [0.15, 0.2) is 30.3 Å². The number of carbonyl (C=O) groups excluding carboxylic acids is 1. The van der Waals surface area contributed by atoms with Gasteiger partial charge in [-0.25, -0.2) is 0 Å². The quantitative estimate of drug-likeness (QED) is 0.757. The first-order valence-corrected chi connectivity index (χ1v) is 6.74. The van der Waals surface area contributed by atoms with Crippen molar-refractivity contribution in [3.8, 4) is 0 Å². The molecular weight excluding hydrogens is 234 g/mol. The molecule has 1 aromatic rings. The van der Waals surface area contributed by atoms with E-state index in [1.165, 1.54) is 12.0 Å². The highest BCUT2D eigenvalue weighted by Gasteiger charge is 2.25. The average Bonchev–Trinajstić information content (AvgIpc) is 2.40. The fourth-order valence-electron chi connectivity index (χ4n) is 2.50. The van der Waals surface area contributed by atoms with Gasteiger partial charge in [0.2, 0.25) is 5.91 Å². The van der Waals surface area contributed by atoms with Crippen LogP contribution in [0.25, 0.3) is 0 Å². The van der Waals surface area contributed by atoms with Crippen molar-refractivity contribution in [2.24, 2.45) is 0 Å². The van der Waals surface area contributed by atoms with E-state index in [-0.39, 0.29) is 11.8 Å². The SMILES string of the molecule is O=C(CCl)N1CCCC[C@H]1Cc1ccccc1. The molecule has 0 bridgehead atoms. The Kier molecular flexibility index (Phi) is 4.43. The summed E-state index contributed by atoms with van der Waals surface area (Å²) in [6.07, 6.45) is 4.36. The second-order valence-corrected chi connectivity index (χ2v) is 4.83. The second kappa shape index (κ2) is 6.06. The minimum atomic E-state index is 0.0762. The molecule has 1 fully saturated rings. The van der Waals surface area contributed by atoms with E-state index < -0.39 is 0 Å². The molecule has 1 heterocycles. The molecule has 0 N–H and O–H groups in total. The van der Waals surface area contributed by atoms with Crippen LogP contribution in [-0.2, 0) is 11.2 Å². The summed E-state index contributed by atoms with van der Waals surface area (Å²) in [5, 5.41) is 0. The van der Waals surface area contributed by atoms with Crippen molar-refractivity contribution < 1.29 is 4.79 Å². The first-order valence-electron chi connectivity index (χ1n) is 6.20. The highest BCUT2D eigenvalue weighted by atomic mass is 35.5. The van der Waals surface area contributed by atoms with E-state index in [0.29, 0.717) is 6.04 Å².